The zero-order valence-electron chi connectivity index (χ0n) is 12.4. The summed E-state index contributed by atoms with van der Waals surface area (Å²) in [6.45, 7) is 0. The van der Waals surface area contributed by atoms with Crippen LogP contribution in [0.1, 0.15) is 49.1 Å². The largest absolute Gasteiger partial charge is 0.502 e. The minimum absolute atomic E-state index is 0.0482. The summed E-state index contributed by atoms with van der Waals surface area (Å²) < 4.78 is 0. The van der Waals surface area contributed by atoms with Crippen LogP contribution in [-0.2, 0) is 6.42 Å². The van der Waals surface area contributed by atoms with Gasteiger partial charge in [0, 0.05) is 11.0 Å². The molecule has 4 aliphatic rings. The Bertz CT molecular complexity index is 738. The minimum atomic E-state index is -0.408. The molecule has 1 N–H and O–H groups in total. The predicted molar refractivity (Wildman–Crippen MR) is 81.8 cm³/mol. The fourth-order valence-corrected chi connectivity index (χ4v) is 5.95. The van der Waals surface area contributed by atoms with Crippen molar-refractivity contribution in [3.63, 3.8) is 0 Å². The van der Waals surface area contributed by atoms with E-state index in [9.17, 15) is 15.2 Å². The lowest BCUT2D eigenvalue weighted by Crippen LogP contribution is -2.37. The molecule has 114 valence electrons. The van der Waals surface area contributed by atoms with E-state index in [2.05, 4.69) is 6.08 Å². The molecule has 0 aromatic heterocycles. The second kappa shape index (κ2) is 3.92. The third-order valence-corrected chi connectivity index (χ3v) is 6.84. The summed E-state index contributed by atoms with van der Waals surface area (Å²) >= 11 is 0. The van der Waals surface area contributed by atoms with Gasteiger partial charge in [-0.1, -0.05) is 17.7 Å². The monoisotopic (exact) mass is 297 g/mol. The molecule has 1 spiro atoms. The van der Waals surface area contributed by atoms with E-state index in [4.69, 9.17) is 0 Å². The van der Waals surface area contributed by atoms with Crippen molar-refractivity contribution < 1.29 is 10.0 Å². The summed E-state index contributed by atoms with van der Waals surface area (Å²) in [4.78, 5) is 10.9. The first-order valence-corrected chi connectivity index (χ1v) is 8.33. The Morgan fingerprint density at radius 3 is 2.86 bits per heavy atom. The molecular weight excluding hydrogens is 278 g/mol. The third-order valence-electron chi connectivity index (χ3n) is 6.84. The van der Waals surface area contributed by atoms with Crippen molar-refractivity contribution in [2.24, 2.45) is 17.3 Å². The van der Waals surface area contributed by atoms with E-state index in [1.165, 1.54) is 25.3 Å². The lowest BCUT2D eigenvalue weighted by molar-refractivity contribution is -0.386. The fourth-order valence-electron chi connectivity index (χ4n) is 5.95. The molecule has 5 rings (SSSR count). The number of rotatable bonds is 1. The topological polar surface area (TPSA) is 63.4 Å². The van der Waals surface area contributed by atoms with Crippen LogP contribution in [0.15, 0.2) is 23.8 Å². The molecule has 22 heavy (non-hydrogen) atoms. The maximum absolute atomic E-state index is 11.3. The molecule has 0 radical (unpaired) electrons. The third kappa shape index (κ3) is 1.38. The van der Waals surface area contributed by atoms with Gasteiger partial charge in [0.25, 0.3) is 0 Å². The number of nitro groups is 1. The van der Waals surface area contributed by atoms with E-state index < -0.39 is 4.92 Å². The first-order valence-electron chi connectivity index (χ1n) is 8.33. The summed E-state index contributed by atoms with van der Waals surface area (Å²) in [6, 6.07) is 3.47. The Morgan fingerprint density at radius 2 is 2.09 bits per heavy atom. The maximum atomic E-state index is 11.3. The fraction of sp³-hybridized carbons (Fsp3) is 0.556. The highest BCUT2D eigenvalue weighted by molar-refractivity contribution is 5.58. The second-order valence-corrected chi connectivity index (χ2v) is 7.46. The minimum Gasteiger partial charge on any atom is -0.502 e. The number of aromatic hydroxyl groups is 1. The lowest BCUT2D eigenvalue weighted by atomic mass is 9.58. The van der Waals surface area contributed by atoms with Gasteiger partial charge in [-0.3, -0.25) is 10.1 Å². The molecule has 0 heterocycles. The standard InChI is InChI=1S/C18H19NO3/c20-16-6-4-11-12-7-8-18-9-10(18)1-5-15(18)13(12)2-3-14(11)17(16)19(21)22/h4,6,9,12-13,15,20H,1-3,5,7-8H2. The van der Waals surface area contributed by atoms with E-state index in [-0.39, 0.29) is 11.4 Å². The van der Waals surface area contributed by atoms with Crippen LogP contribution in [0.4, 0.5) is 5.69 Å². The molecule has 4 nitrogen and oxygen atoms in total. The van der Waals surface area contributed by atoms with Crippen molar-refractivity contribution in [2.75, 3.05) is 0 Å². The van der Waals surface area contributed by atoms with E-state index in [1.807, 2.05) is 6.07 Å². The number of hydrogen-bond acceptors (Lipinski definition) is 3. The SMILES string of the molecule is O=[N+]([O-])c1c(O)ccc2c1CCC1C2CCC23C=C2CCC13. The van der Waals surface area contributed by atoms with Crippen molar-refractivity contribution in [1.29, 1.82) is 0 Å². The molecule has 1 aromatic rings. The van der Waals surface area contributed by atoms with Crippen molar-refractivity contribution in [3.05, 3.63) is 45.0 Å². The molecule has 0 bridgehead atoms. The molecule has 4 heteroatoms. The molecule has 0 saturated heterocycles. The number of hydrogen-bond donors (Lipinski definition) is 1. The highest BCUT2D eigenvalue weighted by Crippen LogP contribution is 2.70. The summed E-state index contributed by atoms with van der Waals surface area (Å²) in [5, 5.41) is 21.2. The number of nitrogens with zero attached hydrogens (tertiary/aromatic N) is 1. The number of fused-ring (bicyclic) bond motifs is 4. The van der Waals surface area contributed by atoms with E-state index >= 15 is 0 Å². The van der Waals surface area contributed by atoms with Crippen molar-refractivity contribution in [1.82, 2.24) is 0 Å². The molecule has 2 fully saturated rings. The normalized spacial score (nSPS) is 37.5. The van der Waals surface area contributed by atoms with Gasteiger partial charge in [0.05, 0.1) is 4.92 Å². The van der Waals surface area contributed by atoms with Gasteiger partial charge in [-0.25, -0.2) is 0 Å². The molecule has 0 amide bonds. The maximum Gasteiger partial charge on any atom is 0.314 e. The smallest absolute Gasteiger partial charge is 0.314 e. The van der Waals surface area contributed by atoms with Crippen molar-refractivity contribution in [3.8, 4) is 5.75 Å². The molecule has 4 unspecified atom stereocenters. The lowest BCUT2D eigenvalue weighted by Gasteiger charge is -2.45. The van der Waals surface area contributed by atoms with Gasteiger partial charge >= 0.3 is 5.69 Å². The highest BCUT2D eigenvalue weighted by atomic mass is 16.6. The number of phenolic OH excluding ortho intramolecular Hbond substituents is 1. The number of allylic oxidation sites excluding steroid dienone is 2. The molecular formula is C18H19NO3. The van der Waals surface area contributed by atoms with Gasteiger partial charge in [-0.05, 0) is 67.9 Å². The second-order valence-electron chi connectivity index (χ2n) is 7.46. The zero-order valence-corrected chi connectivity index (χ0v) is 12.4. The van der Waals surface area contributed by atoms with Crippen LogP contribution in [0.25, 0.3) is 0 Å². The van der Waals surface area contributed by atoms with Gasteiger partial charge in [-0.15, -0.1) is 0 Å². The Morgan fingerprint density at radius 1 is 1.23 bits per heavy atom. The summed E-state index contributed by atoms with van der Waals surface area (Å²) in [7, 11) is 0. The average Bonchev–Trinajstić information content (AvgIpc) is 3.07. The molecule has 4 aliphatic carbocycles. The predicted octanol–water partition coefficient (Wildman–Crippen LogP) is 4.08. The molecule has 4 atom stereocenters. The number of benzene rings is 1. The Kier molecular flexibility index (Phi) is 2.26. The number of phenols is 1. The first kappa shape index (κ1) is 12.7. The van der Waals surface area contributed by atoms with Gasteiger partial charge in [0.2, 0.25) is 0 Å². The van der Waals surface area contributed by atoms with E-state index in [0.29, 0.717) is 17.3 Å². The van der Waals surface area contributed by atoms with Gasteiger partial charge < -0.3 is 5.11 Å². The van der Waals surface area contributed by atoms with Gasteiger partial charge in [0.15, 0.2) is 5.75 Å². The first-order chi connectivity index (χ1) is 10.6. The van der Waals surface area contributed by atoms with E-state index in [0.717, 1.165) is 36.3 Å². The summed E-state index contributed by atoms with van der Waals surface area (Å²) in [5.41, 5.74) is 4.04. The Hall–Kier alpha value is -1.84. The average molecular weight is 297 g/mol. The van der Waals surface area contributed by atoms with Gasteiger partial charge in [0.1, 0.15) is 0 Å². The van der Waals surface area contributed by atoms with Crippen molar-refractivity contribution in [2.45, 2.75) is 44.4 Å². The van der Waals surface area contributed by atoms with Crippen LogP contribution in [0.2, 0.25) is 0 Å². The number of nitro benzene ring substituents is 1. The van der Waals surface area contributed by atoms with Crippen molar-refractivity contribution >= 4 is 5.69 Å². The molecule has 2 saturated carbocycles. The Balaban J connectivity index is 1.58. The highest BCUT2D eigenvalue weighted by Gasteiger charge is 2.60. The molecule has 1 aromatic carbocycles. The quantitative estimate of drug-likeness (QED) is 0.482. The van der Waals surface area contributed by atoms with E-state index in [1.54, 1.807) is 5.57 Å². The van der Waals surface area contributed by atoms with Gasteiger partial charge in [-0.2, -0.15) is 0 Å². The van der Waals surface area contributed by atoms with Crippen LogP contribution in [0, 0.1) is 27.4 Å². The Labute approximate surface area is 129 Å². The van der Waals surface area contributed by atoms with Crippen LogP contribution < -0.4 is 0 Å². The summed E-state index contributed by atoms with van der Waals surface area (Å²) in [5.74, 6) is 1.71. The van der Waals surface area contributed by atoms with Crippen LogP contribution >= 0.6 is 0 Å². The zero-order chi connectivity index (χ0) is 15.1. The molecule has 0 aliphatic heterocycles. The van der Waals surface area contributed by atoms with Crippen LogP contribution in [0.5, 0.6) is 5.75 Å². The summed E-state index contributed by atoms with van der Waals surface area (Å²) in [6.07, 6.45) is 9.22. The van der Waals surface area contributed by atoms with Crippen LogP contribution in [0.3, 0.4) is 0 Å². The van der Waals surface area contributed by atoms with Crippen LogP contribution in [-0.4, -0.2) is 10.0 Å².